The first-order valence-corrected chi connectivity index (χ1v) is 9.33. The lowest BCUT2D eigenvalue weighted by atomic mass is 10.1. The molecule has 1 amide bonds. The van der Waals surface area contributed by atoms with E-state index in [0.717, 1.165) is 43.0 Å². The number of aromatic nitrogens is 3. The molecule has 1 aliphatic rings. The van der Waals surface area contributed by atoms with Crippen molar-refractivity contribution >= 4 is 17.2 Å². The fourth-order valence-electron chi connectivity index (χ4n) is 3.29. The number of methoxy groups -OCH3 is 1. The number of likely N-dealkylation sites (tertiary alicyclic amines) is 1. The number of piperidine rings is 1. The first-order chi connectivity index (χ1) is 13.7. The maximum absolute atomic E-state index is 12.3. The Bertz CT molecular complexity index is 932. The van der Waals surface area contributed by atoms with Gasteiger partial charge in [0, 0.05) is 37.1 Å². The minimum atomic E-state index is -0.0163. The van der Waals surface area contributed by atoms with Gasteiger partial charge in [0.25, 0.3) is 0 Å². The molecule has 4 rings (SSSR count). The first kappa shape index (κ1) is 18.2. The molecule has 0 saturated carbocycles. The number of anilines is 1. The zero-order valence-electron chi connectivity index (χ0n) is 15.7. The average Bonchev–Trinajstić information content (AvgIpc) is 3.18. The smallest absolute Gasteiger partial charge is 0.238 e. The standard InChI is InChI=1S/C20H23N5O3/c1-27-16-4-2-15(3-5-16)22-19(26)14-24-11-7-17(8-12-24)28-20-9-13-25-18(23-20)6-10-21-25/h2-6,9-10,13,17H,7-8,11-12,14H2,1H3,(H,22,26). The Balaban J connectivity index is 1.23. The van der Waals surface area contributed by atoms with E-state index < -0.39 is 0 Å². The fourth-order valence-corrected chi connectivity index (χ4v) is 3.29. The van der Waals surface area contributed by atoms with Gasteiger partial charge in [0.2, 0.25) is 11.8 Å². The summed E-state index contributed by atoms with van der Waals surface area (Å²) in [6, 6.07) is 11.0. The molecule has 0 atom stereocenters. The molecule has 2 aromatic heterocycles. The summed E-state index contributed by atoms with van der Waals surface area (Å²) in [6.45, 7) is 2.00. The molecule has 8 heteroatoms. The van der Waals surface area contributed by atoms with E-state index in [0.29, 0.717) is 12.4 Å². The van der Waals surface area contributed by atoms with Crippen LogP contribution < -0.4 is 14.8 Å². The van der Waals surface area contributed by atoms with Crippen LogP contribution >= 0.6 is 0 Å². The molecular formula is C20H23N5O3. The third-order valence-corrected chi connectivity index (χ3v) is 4.80. The van der Waals surface area contributed by atoms with Crippen LogP contribution in [0.15, 0.2) is 48.8 Å². The van der Waals surface area contributed by atoms with Gasteiger partial charge in [0.15, 0.2) is 5.65 Å². The lowest BCUT2D eigenvalue weighted by Crippen LogP contribution is -2.42. The molecule has 0 aliphatic carbocycles. The Kier molecular flexibility index (Phi) is 5.38. The van der Waals surface area contributed by atoms with Gasteiger partial charge < -0.3 is 14.8 Å². The van der Waals surface area contributed by atoms with Gasteiger partial charge in [0.05, 0.1) is 19.9 Å². The van der Waals surface area contributed by atoms with Crippen LogP contribution in [0.5, 0.6) is 11.6 Å². The van der Waals surface area contributed by atoms with Gasteiger partial charge in [0.1, 0.15) is 11.9 Å². The number of rotatable bonds is 6. The molecule has 3 heterocycles. The Labute approximate surface area is 163 Å². The lowest BCUT2D eigenvalue weighted by molar-refractivity contribution is -0.117. The van der Waals surface area contributed by atoms with Gasteiger partial charge in [-0.3, -0.25) is 9.69 Å². The van der Waals surface area contributed by atoms with Crippen molar-refractivity contribution in [3.8, 4) is 11.6 Å². The molecule has 146 valence electrons. The van der Waals surface area contributed by atoms with Gasteiger partial charge >= 0.3 is 0 Å². The Hall–Kier alpha value is -3.13. The van der Waals surface area contributed by atoms with Crippen molar-refractivity contribution in [3.63, 3.8) is 0 Å². The predicted molar refractivity (Wildman–Crippen MR) is 105 cm³/mol. The molecule has 0 spiro atoms. The van der Waals surface area contributed by atoms with Crippen LogP contribution in [0.2, 0.25) is 0 Å². The molecule has 0 unspecified atom stereocenters. The summed E-state index contributed by atoms with van der Waals surface area (Å²) in [7, 11) is 1.62. The van der Waals surface area contributed by atoms with Crippen molar-refractivity contribution in [3.05, 3.63) is 48.8 Å². The maximum atomic E-state index is 12.3. The zero-order valence-corrected chi connectivity index (χ0v) is 15.7. The van der Waals surface area contributed by atoms with Gasteiger partial charge in [-0.1, -0.05) is 0 Å². The number of benzene rings is 1. The van der Waals surface area contributed by atoms with Crippen LogP contribution in [0.3, 0.4) is 0 Å². The Morgan fingerprint density at radius 3 is 2.71 bits per heavy atom. The number of amides is 1. The molecular weight excluding hydrogens is 358 g/mol. The molecule has 1 N–H and O–H groups in total. The van der Waals surface area contributed by atoms with Crippen LogP contribution in [0, 0.1) is 0 Å². The highest BCUT2D eigenvalue weighted by Crippen LogP contribution is 2.18. The summed E-state index contributed by atoms with van der Waals surface area (Å²) in [5.74, 6) is 1.36. The number of carbonyl (C=O) groups is 1. The van der Waals surface area contributed by atoms with E-state index >= 15 is 0 Å². The van der Waals surface area contributed by atoms with Gasteiger partial charge in [-0.15, -0.1) is 0 Å². The zero-order chi connectivity index (χ0) is 19.3. The summed E-state index contributed by atoms with van der Waals surface area (Å²) in [4.78, 5) is 18.9. The number of ether oxygens (including phenoxy) is 2. The monoisotopic (exact) mass is 381 g/mol. The van der Waals surface area contributed by atoms with Crippen LogP contribution in [-0.2, 0) is 4.79 Å². The quantitative estimate of drug-likeness (QED) is 0.705. The van der Waals surface area contributed by atoms with Gasteiger partial charge in [-0.25, -0.2) is 4.52 Å². The SMILES string of the molecule is COc1ccc(NC(=O)CN2CCC(Oc3ccn4nccc4n3)CC2)cc1. The van der Waals surface area contributed by atoms with Crippen molar-refractivity contribution in [2.45, 2.75) is 18.9 Å². The van der Waals surface area contributed by atoms with Crippen molar-refractivity contribution in [2.24, 2.45) is 0 Å². The van der Waals surface area contributed by atoms with Gasteiger partial charge in [-0.05, 0) is 37.1 Å². The minimum Gasteiger partial charge on any atom is -0.497 e. The number of hydrogen-bond donors (Lipinski definition) is 1. The molecule has 0 radical (unpaired) electrons. The number of fused-ring (bicyclic) bond motifs is 1. The summed E-state index contributed by atoms with van der Waals surface area (Å²) >= 11 is 0. The van der Waals surface area contributed by atoms with Crippen LogP contribution in [-0.4, -0.2) is 58.3 Å². The highest BCUT2D eigenvalue weighted by Gasteiger charge is 2.22. The van der Waals surface area contributed by atoms with Crippen molar-refractivity contribution < 1.29 is 14.3 Å². The third kappa shape index (κ3) is 4.40. The summed E-state index contributed by atoms with van der Waals surface area (Å²) < 4.78 is 12.8. The largest absolute Gasteiger partial charge is 0.497 e. The molecule has 0 bridgehead atoms. The maximum Gasteiger partial charge on any atom is 0.238 e. The van der Waals surface area contributed by atoms with E-state index in [1.165, 1.54) is 0 Å². The summed E-state index contributed by atoms with van der Waals surface area (Å²) in [5, 5.41) is 7.05. The Morgan fingerprint density at radius 2 is 1.96 bits per heavy atom. The first-order valence-electron chi connectivity index (χ1n) is 9.33. The van der Waals surface area contributed by atoms with Crippen molar-refractivity contribution in [2.75, 3.05) is 32.1 Å². The number of nitrogens with zero attached hydrogens (tertiary/aromatic N) is 4. The van der Waals surface area contributed by atoms with E-state index in [4.69, 9.17) is 9.47 Å². The molecule has 1 aromatic carbocycles. The normalized spacial score (nSPS) is 15.5. The number of hydrogen-bond acceptors (Lipinski definition) is 6. The summed E-state index contributed by atoms with van der Waals surface area (Å²) in [5.41, 5.74) is 1.54. The molecule has 1 aliphatic heterocycles. The second-order valence-corrected chi connectivity index (χ2v) is 6.77. The topological polar surface area (TPSA) is 81.0 Å². The third-order valence-electron chi connectivity index (χ3n) is 4.80. The Morgan fingerprint density at radius 1 is 1.18 bits per heavy atom. The highest BCUT2D eigenvalue weighted by atomic mass is 16.5. The second kappa shape index (κ2) is 8.26. The number of nitrogens with one attached hydrogen (secondary N) is 1. The summed E-state index contributed by atoms with van der Waals surface area (Å²) in [6.07, 6.45) is 5.39. The van der Waals surface area contributed by atoms with E-state index in [-0.39, 0.29) is 12.0 Å². The van der Waals surface area contributed by atoms with E-state index in [1.807, 2.05) is 42.6 Å². The lowest BCUT2D eigenvalue weighted by Gasteiger charge is -2.31. The number of carbonyl (C=O) groups excluding carboxylic acids is 1. The highest BCUT2D eigenvalue weighted by molar-refractivity contribution is 5.92. The molecule has 1 fully saturated rings. The van der Waals surface area contributed by atoms with E-state index in [1.54, 1.807) is 17.8 Å². The molecule has 1 saturated heterocycles. The average molecular weight is 381 g/mol. The van der Waals surface area contributed by atoms with Crippen molar-refractivity contribution in [1.82, 2.24) is 19.5 Å². The van der Waals surface area contributed by atoms with Crippen LogP contribution in [0.1, 0.15) is 12.8 Å². The van der Waals surface area contributed by atoms with Gasteiger partial charge in [-0.2, -0.15) is 10.1 Å². The molecule has 28 heavy (non-hydrogen) atoms. The second-order valence-electron chi connectivity index (χ2n) is 6.77. The van der Waals surface area contributed by atoms with Crippen molar-refractivity contribution in [1.29, 1.82) is 0 Å². The molecule has 8 nitrogen and oxygen atoms in total. The fraction of sp³-hybridized carbons (Fsp3) is 0.350. The van der Waals surface area contributed by atoms with E-state index in [9.17, 15) is 4.79 Å². The molecule has 3 aromatic rings. The van der Waals surface area contributed by atoms with Crippen LogP contribution in [0.4, 0.5) is 5.69 Å². The minimum absolute atomic E-state index is 0.0163. The van der Waals surface area contributed by atoms with Crippen LogP contribution in [0.25, 0.3) is 5.65 Å². The van der Waals surface area contributed by atoms with E-state index in [2.05, 4.69) is 20.3 Å². The predicted octanol–water partition coefficient (Wildman–Crippen LogP) is 2.22.